The van der Waals surface area contributed by atoms with Gasteiger partial charge in [-0.25, -0.2) is 4.39 Å². The van der Waals surface area contributed by atoms with Crippen molar-refractivity contribution in [1.82, 2.24) is 5.32 Å². The number of nitriles is 1. The highest BCUT2D eigenvalue weighted by atomic mass is 19.1. The summed E-state index contributed by atoms with van der Waals surface area (Å²) in [5.74, 6) is -0.379. The van der Waals surface area contributed by atoms with Crippen molar-refractivity contribution in [1.29, 1.82) is 5.26 Å². The van der Waals surface area contributed by atoms with E-state index in [9.17, 15) is 4.39 Å². The van der Waals surface area contributed by atoms with E-state index in [4.69, 9.17) is 10.00 Å². The van der Waals surface area contributed by atoms with E-state index in [1.165, 1.54) is 12.1 Å². The number of methoxy groups -OCH3 is 1. The summed E-state index contributed by atoms with van der Waals surface area (Å²) < 4.78 is 18.1. The van der Waals surface area contributed by atoms with Crippen molar-refractivity contribution in [2.24, 2.45) is 0 Å². The van der Waals surface area contributed by atoms with E-state index in [0.717, 1.165) is 5.56 Å². The molecule has 1 N–H and O–H groups in total. The Morgan fingerprint density at radius 1 is 1.50 bits per heavy atom. The van der Waals surface area contributed by atoms with Crippen LogP contribution in [0.15, 0.2) is 18.2 Å². The molecule has 0 amide bonds. The van der Waals surface area contributed by atoms with Crippen LogP contribution in [0.5, 0.6) is 0 Å². The highest BCUT2D eigenvalue weighted by molar-refractivity contribution is 5.33. The molecular formula is C12H15FN2O. The molecule has 0 fully saturated rings. The van der Waals surface area contributed by atoms with Crippen molar-refractivity contribution >= 4 is 0 Å². The Hall–Kier alpha value is -1.44. The van der Waals surface area contributed by atoms with E-state index in [1.807, 2.05) is 13.0 Å². The lowest BCUT2D eigenvalue weighted by atomic mass is 10.1. The van der Waals surface area contributed by atoms with Gasteiger partial charge in [-0.2, -0.15) is 5.26 Å². The molecule has 86 valence electrons. The molecule has 0 heterocycles. The second-order valence-corrected chi connectivity index (χ2v) is 3.64. The Labute approximate surface area is 94.8 Å². The molecule has 1 rings (SSSR count). The van der Waals surface area contributed by atoms with Crippen LogP contribution in [0.1, 0.15) is 18.1 Å². The second-order valence-electron chi connectivity index (χ2n) is 3.64. The smallest absolute Gasteiger partial charge is 0.124 e. The van der Waals surface area contributed by atoms with Crippen LogP contribution in [0.2, 0.25) is 0 Å². The van der Waals surface area contributed by atoms with Crippen LogP contribution in [-0.2, 0) is 11.3 Å². The molecule has 4 heteroatoms. The molecule has 0 saturated heterocycles. The van der Waals surface area contributed by atoms with E-state index in [0.29, 0.717) is 18.7 Å². The van der Waals surface area contributed by atoms with Crippen LogP contribution in [0.3, 0.4) is 0 Å². The molecule has 0 saturated carbocycles. The molecule has 0 bridgehead atoms. The van der Waals surface area contributed by atoms with Gasteiger partial charge in [0.2, 0.25) is 0 Å². The zero-order valence-electron chi connectivity index (χ0n) is 9.46. The van der Waals surface area contributed by atoms with Gasteiger partial charge in [-0.1, -0.05) is 0 Å². The number of benzene rings is 1. The lowest BCUT2D eigenvalue weighted by Gasteiger charge is -2.10. The van der Waals surface area contributed by atoms with E-state index in [-0.39, 0.29) is 11.9 Å². The summed E-state index contributed by atoms with van der Waals surface area (Å²) in [6.45, 7) is 3.16. The van der Waals surface area contributed by atoms with Crippen molar-refractivity contribution in [2.75, 3.05) is 13.7 Å². The zero-order valence-corrected chi connectivity index (χ0v) is 9.46. The molecule has 0 aliphatic carbocycles. The van der Waals surface area contributed by atoms with Gasteiger partial charge < -0.3 is 10.1 Å². The van der Waals surface area contributed by atoms with Crippen molar-refractivity contribution in [3.63, 3.8) is 0 Å². The molecule has 1 aromatic rings. The number of hydrogen-bond acceptors (Lipinski definition) is 3. The first-order valence-corrected chi connectivity index (χ1v) is 5.08. The molecule has 0 aliphatic rings. The van der Waals surface area contributed by atoms with E-state index in [2.05, 4.69) is 5.32 Å². The second kappa shape index (κ2) is 6.21. The van der Waals surface area contributed by atoms with Crippen molar-refractivity contribution < 1.29 is 9.13 Å². The fourth-order valence-corrected chi connectivity index (χ4v) is 1.32. The summed E-state index contributed by atoms with van der Waals surface area (Å²) in [6, 6.07) is 6.25. The maximum Gasteiger partial charge on any atom is 0.124 e. The Morgan fingerprint density at radius 2 is 2.25 bits per heavy atom. The van der Waals surface area contributed by atoms with Crippen LogP contribution >= 0.6 is 0 Å². The van der Waals surface area contributed by atoms with Gasteiger partial charge in [-0.15, -0.1) is 0 Å². The van der Waals surface area contributed by atoms with Crippen LogP contribution in [0.4, 0.5) is 4.39 Å². The van der Waals surface area contributed by atoms with Gasteiger partial charge in [0.15, 0.2) is 0 Å². The summed E-state index contributed by atoms with van der Waals surface area (Å²) in [7, 11) is 1.64. The fourth-order valence-electron chi connectivity index (χ4n) is 1.32. The Kier molecular flexibility index (Phi) is 4.90. The minimum absolute atomic E-state index is 0.115. The molecule has 0 aromatic heterocycles. The summed E-state index contributed by atoms with van der Waals surface area (Å²) in [6.07, 6.45) is 0.115. The zero-order chi connectivity index (χ0) is 12.0. The van der Waals surface area contributed by atoms with Crippen molar-refractivity contribution in [3.8, 4) is 6.07 Å². The molecule has 3 nitrogen and oxygen atoms in total. The average Bonchev–Trinajstić information content (AvgIpc) is 2.28. The summed E-state index contributed by atoms with van der Waals surface area (Å²) in [5, 5.41) is 11.8. The first kappa shape index (κ1) is 12.6. The van der Waals surface area contributed by atoms with Crippen LogP contribution in [0.25, 0.3) is 0 Å². The van der Waals surface area contributed by atoms with Gasteiger partial charge in [-0.05, 0) is 30.7 Å². The van der Waals surface area contributed by atoms with Gasteiger partial charge in [0.1, 0.15) is 5.82 Å². The standard InChI is InChI=1S/C12H15FN2O/c1-9(16-2)7-15-8-11-3-10(6-14)4-12(13)5-11/h3-5,9,15H,7-8H2,1-2H3. The van der Waals surface area contributed by atoms with Crippen LogP contribution in [-0.4, -0.2) is 19.8 Å². The predicted octanol–water partition coefficient (Wildman–Crippen LogP) is 1.82. The van der Waals surface area contributed by atoms with Gasteiger partial charge in [0, 0.05) is 20.2 Å². The SMILES string of the molecule is COC(C)CNCc1cc(F)cc(C#N)c1. The molecular weight excluding hydrogens is 207 g/mol. The molecule has 1 aromatic carbocycles. The quantitative estimate of drug-likeness (QED) is 0.826. The van der Waals surface area contributed by atoms with E-state index in [1.54, 1.807) is 13.2 Å². The molecule has 16 heavy (non-hydrogen) atoms. The molecule has 1 atom stereocenters. The highest BCUT2D eigenvalue weighted by Gasteiger charge is 2.02. The number of rotatable bonds is 5. The highest BCUT2D eigenvalue weighted by Crippen LogP contribution is 2.08. The normalized spacial score (nSPS) is 12.1. The number of hydrogen-bond donors (Lipinski definition) is 1. The molecule has 0 radical (unpaired) electrons. The molecule has 0 spiro atoms. The third-order valence-electron chi connectivity index (χ3n) is 2.25. The minimum atomic E-state index is -0.379. The number of halogens is 1. The monoisotopic (exact) mass is 222 g/mol. The first-order valence-electron chi connectivity index (χ1n) is 5.08. The van der Waals surface area contributed by atoms with E-state index < -0.39 is 0 Å². The average molecular weight is 222 g/mol. The lowest BCUT2D eigenvalue weighted by molar-refractivity contribution is 0.117. The van der Waals surface area contributed by atoms with Crippen molar-refractivity contribution in [3.05, 3.63) is 35.1 Å². The Balaban J connectivity index is 2.54. The van der Waals surface area contributed by atoms with Crippen LogP contribution in [0, 0.1) is 17.1 Å². The third-order valence-corrected chi connectivity index (χ3v) is 2.25. The summed E-state index contributed by atoms with van der Waals surface area (Å²) in [4.78, 5) is 0. The first-order chi connectivity index (χ1) is 7.65. The van der Waals surface area contributed by atoms with Gasteiger partial charge in [-0.3, -0.25) is 0 Å². The predicted molar refractivity (Wildman–Crippen MR) is 59.3 cm³/mol. The summed E-state index contributed by atoms with van der Waals surface area (Å²) in [5.41, 5.74) is 1.11. The number of nitrogens with one attached hydrogen (secondary N) is 1. The van der Waals surface area contributed by atoms with E-state index >= 15 is 0 Å². The maximum absolute atomic E-state index is 13.1. The van der Waals surface area contributed by atoms with Gasteiger partial charge in [0.05, 0.1) is 17.7 Å². The lowest BCUT2D eigenvalue weighted by Crippen LogP contribution is -2.25. The number of nitrogens with zero attached hydrogens (tertiary/aromatic N) is 1. The molecule has 0 aliphatic heterocycles. The summed E-state index contributed by atoms with van der Waals surface area (Å²) >= 11 is 0. The van der Waals surface area contributed by atoms with Crippen LogP contribution < -0.4 is 5.32 Å². The largest absolute Gasteiger partial charge is 0.380 e. The topological polar surface area (TPSA) is 45.0 Å². The number of ether oxygens (including phenoxy) is 1. The fraction of sp³-hybridized carbons (Fsp3) is 0.417. The van der Waals surface area contributed by atoms with Crippen molar-refractivity contribution in [2.45, 2.75) is 19.6 Å². The Morgan fingerprint density at radius 3 is 2.88 bits per heavy atom. The maximum atomic E-state index is 13.1. The third kappa shape index (κ3) is 3.97. The van der Waals surface area contributed by atoms with Gasteiger partial charge >= 0.3 is 0 Å². The van der Waals surface area contributed by atoms with Gasteiger partial charge in [0.25, 0.3) is 0 Å². The Bertz CT molecular complexity index is 387. The molecule has 1 unspecified atom stereocenters. The minimum Gasteiger partial charge on any atom is -0.380 e.